The predicted molar refractivity (Wildman–Crippen MR) is 71.3 cm³/mol. The molecule has 0 spiro atoms. The summed E-state index contributed by atoms with van der Waals surface area (Å²) >= 11 is 5.84. The van der Waals surface area contributed by atoms with Crippen LogP contribution in [0, 0.1) is 11.6 Å². The monoisotopic (exact) mass is 383 g/mol. The van der Waals surface area contributed by atoms with Crippen LogP contribution in [0.15, 0.2) is 12.1 Å². The van der Waals surface area contributed by atoms with Gasteiger partial charge in [0.2, 0.25) is 5.91 Å². The van der Waals surface area contributed by atoms with Gasteiger partial charge in [0.25, 0.3) is 0 Å². The summed E-state index contributed by atoms with van der Waals surface area (Å²) in [5, 5.41) is 2.26. The van der Waals surface area contributed by atoms with E-state index in [1.54, 1.807) is 0 Å². The van der Waals surface area contributed by atoms with Gasteiger partial charge in [0.15, 0.2) is 0 Å². The molecule has 0 unspecified atom stereocenters. The Balaban J connectivity index is 2.96. The van der Waals surface area contributed by atoms with E-state index in [1.165, 1.54) is 0 Å². The molecule has 0 saturated carbocycles. The zero-order valence-electron chi connectivity index (χ0n) is 9.10. The van der Waals surface area contributed by atoms with Gasteiger partial charge in [-0.15, -0.1) is 0 Å². The molecule has 0 saturated heterocycles. The molecule has 0 fully saturated rings. The van der Waals surface area contributed by atoms with Gasteiger partial charge in [-0.2, -0.15) is 0 Å². The van der Waals surface area contributed by atoms with Crippen LogP contribution in [0.3, 0.4) is 0 Å². The molecule has 0 atom stereocenters. The number of anilines is 1. The standard InChI is InChI=1S/C11H9Br2F2NO2/c12-4-7(17)1-6-2-9(15)10(3-8(6)14)16-11(18)5-13/h2-3H,1,4-5H2,(H,16,18). The highest BCUT2D eigenvalue weighted by atomic mass is 79.9. The van der Waals surface area contributed by atoms with E-state index in [2.05, 4.69) is 37.2 Å². The van der Waals surface area contributed by atoms with Crippen LogP contribution in [0.4, 0.5) is 14.5 Å². The second kappa shape index (κ2) is 6.94. The van der Waals surface area contributed by atoms with E-state index in [0.29, 0.717) is 0 Å². The second-order valence-electron chi connectivity index (χ2n) is 3.45. The van der Waals surface area contributed by atoms with Crippen molar-refractivity contribution >= 4 is 49.2 Å². The number of Topliss-reactive ketones (excluding diaryl/α,β-unsaturated/α-hetero) is 1. The summed E-state index contributed by atoms with van der Waals surface area (Å²) in [5.41, 5.74) is -0.277. The lowest BCUT2D eigenvalue weighted by Gasteiger charge is -2.08. The summed E-state index contributed by atoms with van der Waals surface area (Å²) < 4.78 is 27.1. The third-order valence-electron chi connectivity index (χ3n) is 2.07. The van der Waals surface area contributed by atoms with Gasteiger partial charge in [-0.3, -0.25) is 9.59 Å². The smallest absolute Gasteiger partial charge is 0.235 e. The lowest BCUT2D eigenvalue weighted by molar-refractivity contribution is -0.116. The first kappa shape index (κ1) is 15.2. The Kier molecular flexibility index (Phi) is 5.87. The normalized spacial score (nSPS) is 10.2. The highest BCUT2D eigenvalue weighted by molar-refractivity contribution is 9.09. The Labute approximate surface area is 119 Å². The largest absolute Gasteiger partial charge is 0.323 e. The van der Waals surface area contributed by atoms with Crippen molar-refractivity contribution in [3.8, 4) is 0 Å². The molecule has 0 radical (unpaired) electrons. The molecule has 1 N–H and O–H groups in total. The van der Waals surface area contributed by atoms with Crippen LogP contribution in [-0.4, -0.2) is 22.4 Å². The minimum absolute atomic E-state index is 0.0160. The van der Waals surface area contributed by atoms with Gasteiger partial charge in [-0.05, 0) is 11.6 Å². The van der Waals surface area contributed by atoms with Crippen molar-refractivity contribution in [3.05, 3.63) is 29.3 Å². The first-order valence-corrected chi connectivity index (χ1v) is 7.13. The van der Waals surface area contributed by atoms with Crippen LogP contribution in [-0.2, 0) is 16.0 Å². The molecule has 0 heterocycles. The van der Waals surface area contributed by atoms with E-state index in [0.717, 1.165) is 12.1 Å². The maximum absolute atomic E-state index is 13.6. The minimum atomic E-state index is -0.775. The minimum Gasteiger partial charge on any atom is -0.323 e. The molecule has 7 heteroatoms. The molecule has 0 bridgehead atoms. The number of nitrogens with one attached hydrogen (secondary N) is 1. The van der Waals surface area contributed by atoms with Crippen molar-refractivity contribution in [1.29, 1.82) is 0 Å². The first-order chi connectivity index (χ1) is 8.47. The van der Waals surface area contributed by atoms with Crippen molar-refractivity contribution in [2.45, 2.75) is 6.42 Å². The highest BCUT2D eigenvalue weighted by Crippen LogP contribution is 2.20. The van der Waals surface area contributed by atoms with E-state index >= 15 is 0 Å². The Morgan fingerprint density at radius 1 is 1.11 bits per heavy atom. The van der Waals surface area contributed by atoms with Gasteiger partial charge in [-0.1, -0.05) is 31.9 Å². The molecule has 18 heavy (non-hydrogen) atoms. The fraction of sp³-hybridized carbons (Fsp3) is 0.273. The Morgan fingerprint density at radius 3 is 2.33 bits per heavy atom. The van der Waals surface area contributed by atoms with Crippen molar-refractivity contribution in [3.63, 3.8) is 0 Å². The van der Waals surface area contributed by atoms with Gasteiger partial charge >= 0.3 is 0 Å². The van der Waals surface area contributed by atoms with E-state index in [4.69, 9.17) is 0 Å². The number of hydrogen-bond donors (Lipinski definition) is 1. The fourth-order valence-electron chi connectivity index (χ4n) is 1.26. The van der Waals surface area contributed by atoms with Crippen LogP contribution in [0.5, 0.6) is 0 Å². The van der Waals surface area contributed by atoms with E-state index in [-0.39, 0.29) is 34.1 Å². The maximum Gasteiger partial charge on any atom is 0.235 e. The number of carbonyl (C=O) groups excluding carboxylic acids is 2. The molecule has 1 aromatic carbocycles. The van der Waals surface area contributed by atoms with Gasteiger partial charge in [0.1, 0.15) is 17.4 Å². The molecule has 1 rings (SSSR count). The van der Waals surface area contributed by atoms with Crippen LogP contribution < -0.4 is 5.32 Å². The average Bonchev–Trinajstić information content (AvgIpc) is 2.34. The molecule has 0 aliphatic carbocycles. The van der Waals surface area contributed by atoms with Gasteiger partial charge in [0, 0.05) is 12.5 Å². The first-order valence-electron chi connectivity index (χ1n) is 4.89. The number of rotatable bonds is 5. The highest BCUT2D eigenvalue weighted by Gasteiger charge is 2.13. The van der Waals surface area contributed by atoms with Crippen LogP contribution in [0.1, 0.15) is 5.56 Å². The predicted octanol–water partition coefficient (Wildman–Crippen LogP) is 2.80. The maximum atomic E-state index is 13.6. The Morgan fingerprint density at radius 2 is 1.78 bits per heavy atom. The number of alkyl halides is 2. The Bertz CT molecular complexity index is 437. The third kappa shape index (κ3) is 4.13. The summed E-state index contributed by atoms with van der Waals surface area (Å²) in [6.45, 7) is 0. The lowest BCUT2D eigenvalue weighted by atomic mass is 10.1. The van der Waals surface area contributed by atoms with Crippen LogP contribution in [0.2, 0.25) is 0 Å². The number of ketones is 1. The molecule has 0 aliphatic rings. The quantitative estimate of drug-likeness (QED) is 0.793. The molecule has 3 nitrogen and oxygen atoms in total. The number of halogens is 4. The lowest BCUT2D eigenvalue weighted by Crippen LogP contribution is -2.14. The number of hydrogen-bond acceptors (Lipinski definition) is 2. The molecule has 0 aliphatic heterocycles. The summed E-state index contributed by atoms with van der Waals surface area (Å²) in [5.74, 6) is -2.25. The molecule has 0 aromatic heterocycles. The summed E-state index contributed by atoms with van der Waals surface area (Å²) in [6, 6.07) is 1.78. The molecular weight excluding hydrogens is 376 g/mol. The molecular formula is C11H9Br2F2NO2. The van der Waals surface area contributed by atoms with Crippen LogP contribution >= 0.6 is 31.9 Å². The summed E-state index contributed by atoms with van der Waals surface area (Å²) in [4.78, 5) is 22.2. The zero-order valence-corrected chi connectivity index (χ0v) is 12.3. The van der Waals surface area contributed by atoms with Crippen molar-refractivity contribution < 1.29 is 18.4 Å². The summed E-state index contributed by atoms with van der Waals surface area (Å²) in [6.07, 6.45) is -0.194. The van der Waals surface area contributed by atoms with Gasteiger partial charge < -0.3 is 5.32 Å². The van der Waals surface area contributed by atoms with Crippen molar-refractivity contribution in [2.24, 2.45) is 0 Å². The van der Waals surface area contributed by atoms with E-state index < -0.39 is 17.5 Å². The van der Waals surface area contributed by atoms with Crippen molar-refractivity contribution in [1.82, 2.24) is 0 Å². The number of benzene rings is 1. The molecule has 1 aromatic rings. The van der Waals surface area contributed by atoms with E-state index in [9.17, 15) is 18.4 Å². The second-order valence-corrected chi connectivity index (χ2v) is 4.58. The zero-order chi connectivity index (χ0) is 13.7. The number of carbonyl (C=O) groups is 2. The average molecular weight is 385 g/mol. The molecule has 1 amide bonds. The van der Waals surface area contributed by atoms with E-state index in [1.807, 2.05) is 0 Å². The summed E-state index contributed by atoms with van der Waals surface area (Å²) in [7, 11) is 0. The number of amides is 1. The SMILES string of the molecule is O=C(CBr)Cc1cc(F)c(NC(=O)CBr)cc1F. The fourth-order valence-corrected chi connectivity index (χ4v) is 1.60. The van der Waals surface area contributed by atoms with Crippen molar-refractivity contribution in [2.75, 3.05) is 16.0 Å². The Hall–Kier alpha value is -0.820. The topological polar surface area (TPSA) is 46.2 Å². The third-order valence-corrected chi connectivity index (χ3v) is 3.20. The molecule has 98 valence electrons. The van der Waals surface area contributed by atoms with Gasteiger partial charge in [-0.25, -0.2) is 8.78 Å². The van der Waals surface area contributed by atoms with Crippen LogP contribution in [0.25, 0.3) is 0 Å². The van der Waals surface area contributed by atoms with Gasteiger partial charge in [0.05, 0.1) is 16.3 Å².